The maximum atomic E-state index is 12.1. The zero-order chi connectivity index (χ0) is 18.2. The summed E-state index contributed by atoms with van der Waals surface area (Å²) >= 11 is 1.25. The van der Waals surface area contributed by atoms with E-state index >= 15 is 0 Å². The number of nitrogens with zero attached hydrogens (tertiary/aromatic N) is 3. The molecule has 2 aromatic carbocycles. The van der Waals surface area contributed by atoms with Crippen molar-refractivity contribution >= 4 is 29.5 Å². The summed E-state index contributed by atoms with van der Waals surface area (Å²) < 4.78 is 1.49. The predicted octanol–water partition coefficient (Wildman–Crippen LogP) is 4.12. The number of allylic oxidation sites excluding steroid dienone is 2. The second-order valence-corrected chi connectivity index (χ2v) is 6.06. The predicted molar refractivity (Wildman–Crippen MR) is 102 cm³/mol. The molecular weight excluding hydrogens is 346 g/mol. The number of ketones is 2. The molecule has 0 bridgehead atoms. The number of hydrogen-bond acceptors (Lipinski definition) is 5. The van der Waals surface area contributed by atoms with Crippen LogP contribution in [0.2, 0.25) is 0 Å². The summed E-state index contributed by atoms with van der Waals surface area (Å²) in [6, 6.07) is 18.0. The molecule has 6 heteroatoms. The maximum absolute atomic E-state index is 12.1. The zero-order valence-electron chi connectivity index (χ0n) is 13.7. The highest BCUT2D eigenvalue weighted by Gasteiger charge is 2.04. The van der Waals surface area contributed by atoms with Gasteiger partial charge in [0.05, 0.1) is 0 Å². The van der Waals surface area contributed by atoms with E-state index in [2.05, 4.69) is 10.1 Å². The molecule has 1 heterocycles. The van der Waals surface area contributed by atoms with Gasteiger partial charge in [-0.15, -0.1) is 0 Å². The van der Waals surface area contributed by atoms with E-state index in [0.29, 0.717) is 16.3 Å². The monoisotopic (exact) mass is 361 g/mol. The summed E-state index contributed by atoms with van der Waals surface area (Å²) in [7, 11) is 0. The van der Waals surface area contributed by atoms with Crippen molar-refractivity contribution < 1.29 is 9.59 Å². The van der Waals surface area contributed by atoms with Crippen molar-refractivity contribution in [2.24, 2.45) is 0 Å². The average molecular weight is 361 g/mol. The van der Waals surface area contributed by atoms with Crippen molar-refractivity contribution in [2.45, 2.75) is 5.16 Å². The van der Waals surface area contributed by atoms with Gasteiger partial charge in [-0.3, -0.25) is 9.59 Å². The lowest BCUT2D eigenvalue weighted by atomic mass is 10.1. The molecule has 0 fully saturated rings. The van der Waals surface area contributed by atoms with E-state index in [4.69, 9.17) is 0 Å². The van der Waals surface area contributed by atoms with Crippen LogP contribution in [-0.2, 0) is 0 Å². The molecule has 0 aliphatic rings. The van der Waals surface area contributed by atoms with Gasteiger partial charge < -0.3 is 0 Å². The minimum atomic E-state index is -0.119. The summed E-state index contributed by atoms with van der Waals surface area (Å²) in [5.74, 6) is -0.203. The van der Waals surface area contributed by atoms with Crippen LogP contribution in [0.3, 0.4) is 0 Å². The van der Waals surface area contributed by atoms with Crippen LogP contribution < -0.4 is 0 Å². The highest BCUT2D eigenvalue weighted by Crippen LogP contribution is 2.16. The number of benzene rings is 2. The number of aromatic nitrogens is 3. The topological polar surface area (TPSA) is 64.8 Å². The third-order valence-electron chi connectivity index (χ3n) is 3.42. The first kappa shape index (κ1) is 17.6. The Hall–Kier alpha value is -3.25. The Morgan fingerprint density at radius 1 is 0.846 bits per heavy atom. The fourth-order valence-corrected chi connectivity index (χ4v) is 2.76. The lowest BCUT2D eigenvalue weighted by Crippen LogP contribution is -1.97. The molecule has 0 atom stereocenters. The molecular formula is C20H15N3O2S. The van der Waals surface area contributed by atoms with Gasteiger partial charge in [0.2, 0.25) is 0 Å². The molecule has 5 nitrogen and oxygen atoms in total. The van der Waals surface area contributed by atoms with Gasteiger partial charge in [0.25, 0.3) is 0 Å². The van der Waals surface area contributed by atoms with Gasteiger partial charge in [0.1, 0.15) is 6.33 Å². The Balaban J connectivity index is 1.63. The lowest BCUT2D eigenvalue weighted by Gasteiger charge is -1.98. The van der Waals surface area contributed by atoms with Gasteiger partial charge in [-0.25, -0.2) is 9.67 Å². The normalized spacial score (nSPS) is 11.2. The van der Waals surface area contributed by atoms with E-state index in [1.807, 2.05) is 36.4 Å². The van der Waals surface area contributed by atoms with E-state index in [9.17, 15) is 9.59 Å². The molecule has 128 valence electrons. The first-order chi connectivity index (χ1) is 12.7. The molecule has 1 aromatic heterocycles. The highest BCUT2D eigenvalue weighted by molar-refractivity contribution is 8.02. The van der Waals surface area contributed by atoms with Gasteiger partial charge >= 0.3 is 0 Å². The van der Waals surface area contributed by atoms with Crippen molar-refractivity contribution in [3.05, 3.63) is 95.7 Å². The quantitative estimate of drug-likeness (QED) is 0.360. The van der Waals surface area contributed by atoms with Crippen LogP contribution in [0.5, 0.6) is 0 Å². The minimum absolute atomic E-state index is 0.0843. The van der Waals surface area contributed by atoms with Crippen molar-refractivity contribution in [1.29, 1.82) is 0 Å². The van der Waals surface area contributed by atoms with Gasteiger partial charge in [0, 0.05) is 23.4 Å². The van der Waals surface area contributed by atoms with E-state index in [1.165, 1.54) is 34.9 Å². The Kier molecular flexibility index (Phi) is 5.90. The van der Waals surface area contributed by atoms with Crippen LogP contribution in [-0.4, -0.2) is 26.3 Å². The number of hydrogen-bond donors (Lipinski definition) is 0. The number of carbonyl (C=O) groups is 2. The van der Waals surface area contributed by atoms with Gasteiger partial charge in [-0.2, -0.15) is 5.10 Å². The number of carbonyl (C=O) groups excluding carboxylic acids is 2. The SMILES string of the molecule is O=C(/C=C\Sc1ncnn1/C=C/C(=O)c1ccccc1)c1ccccc1. The van der Waals surface area contributed by atoms with Crippen LogP contribution in [0.25, 0.3) is 6.20 Å². The fourth-order valence-electron chi connectivity index (χ4n) is 2.12. The Morgan fingerprint density at radius 2 is 1.42 bits per heavy atom. The van der Waals surface area contributed by atoms with Crippen LogP contribution >= 0.6 is 11.8 Å². The Bertz CT molecular complexity index is 947. The zero-order valence-corrected chi connectivity index (χ0v) is 14.5. The Labute approximate surface area is 155 Å². The molecule has 26 heavy (non-hydrogen) atoms. The average Bonchev–Trinajstić information content (AvgIpc) is 3.14. The third-order valence-corrected chi connectivity index (χ3v) is 4.19. The second kappa shape index (κ2) is 8.73. The molecule has 3 aromatic rings. The second-order valence-electron chi connectivity index (χ2n) is 5.18. The molecule has 0 unspecified atom stereocenters. The first-order valence-electron chi connectivity index (χ1n) is 7.84. The van der Waals surface area contributed by atoms with Gasteiger partial charge in [0.15, 0.2) is 16.7 Å². The summed E-state index contributed by atoms with van der Waals surface area (Å²) in [5, 5.41) is 6.27. The summed E-state index contributed by atoms with van der Waals surface area (Å²) in [6.45, 7) is 0. The minimum Gasteiger partial charge on any atom is -0.289 e. The molecule has 0 spiro atoms. The summed E-state index contributed by atoms with van der Waals surface area (Å²) in [4.78, 5) is 28.3. The van der Waals surface area contributed by atoms with E-state index in [1.54, 1.807) is 35.9 Å². The molecule has 0 saturated heterocycles. The summed E-state index contributed by atoms with van der Waals surface area (Å²) in [6.07, 6.45) is 5.87. The van der Waals surface area contributed by atoms with Crippen LogP contribution in [0.15, 0.2) is 89.7 Å². The fraction of sp³-hybridized carbons (Fsp3) is 0. The van der Waals surface area contributed by atoms with E-state index in [-0.39, 0.29) is 11.6 Å². The lowest BCUT2D eigenvalue weighted by molar-refractivity contribution is 0.103. The molecule has 0 amide bonds. The first-order valence-corrected chi connectivity index (χ1v) is 8.71. The molecule has 0 saturated carbocycles. The number of thioether (sulfide) groups is 1. The standard InChI is InChI=1S/C20H15N3O2S/c24-18(16-7-3-1-4-8-16)11-13-23-20(21-15-22-23)26-14-12-19(25)17-9-5-2-6-10-17/h1-15H/b13-11+,14-12-. The molecule has 3 rings (SSSR count). The highest BCUT2D eigenvalue weighted by atomic mass is 32.2. The largest absolute Gasteiger partial charge is 0.289 e. The molecule has 0 aliphatic carbocycles. The van der Waals surface area contributed by atoms with Crippen molar-refractivity contribution in [2.75, 3.05) is 0 Å². The van der Waals surface area contributed by atoms with Crippen LogP contribution in [0.1, 0.15) is 20.7 Å². The maximum Gasteiger partial charge on any atom is 0.194 e. The Morgan fingerprint density at radius 3 is 2.04 bits per heavy atom. The third kappa shape index (κ3) is 4.64. The van der Waals surface area contributed by atoms with Crippen LogP contribution in [0.4, 0.5) is 0 Å². The van der Waals surface area contributed by atoms with Gasteiger partial charge in [-0.05, 0) is 11.5 Å². The van der Waals surface area contributed by atoms with E-state index in [0.717, 1.165) is 0 Å². The summed E-state index contributed by atoms with van der Waals surface area (Å²) in [5.41, 5.74) is 1.23. The molecule has 0 radical (unpaired) electrons. The molecule has 0 aliphatic heterocycles. The molecule has 0 N–H and O–H groups in total. The van der Waals surface area contributed by atoms with Crippen molar-refractivity contribution in [3.8, 4) is 0 Å². The van der Waals surface area contributed by atoms with Crippen LogP contribution in [0, 0.1) is 0 Å². The van der Waals surface area contributed by atoms with E-state index < -0.39 is 0 Å². The van der Waals surface area contributed by atoms with Crippen molar-refractivity contribution in [3.63, 3.8) is 0 Å². The van der Waals surface area contributed by atoms with Crippen molar-refractivity contribution in [1.82, 2.24) is 14.8 Å². The smallest absolute Gasteiger partial charge is 0.194 e. The van der Waals surface area contributed by atoms with Gasteiger partial charge in [-0.1, -0.05) is 72.4 Å². The number of rotatable bonds is 7.